The van der Waals surface area contributed by atoms with Crippen molar-refractivity contribution in [3.8, 4) is 11.8 Å². The van der Waals surface area contributed by atoms with Gasteiger partial charge in [-0.3, -0.25) is 4.55 Å². The molecule has 0 fully saturated rings. The molecule has 0 aliphatic rings. The molecule has 0 unspecified atom stereocenters. The van der Waals surface area contributed by atoms with Crippen LogP contribution in [0, 0.1) is 11.8 Å². The van der Waals surface area contributed by atoms with Gasteiger partial charge in [-0.2, -0.15) is 8.42 Å². The van der Waals surface area contributed by atoms with E-state index in [-0.39, 0.29) is 17.1 Å². The van der Waals surface area contributed by atoms with Gasteiger partial charge in [0.1, 0.15) is 11.5 Å². The van der Waals surface area contributed by atoms with Crippen molar-refractivity contribution in [2.75, 3.05) is 6.61 Å². The van der Waals surface area contributed by atoms with E-state index in [1.54, 1.807) is 6.07 Å². The molecule has 0 saturated heterocycles. The van der Waals surface area contributed by atoms with Gasteiger partial charge >= 0.3 is 0 Å². The minimum Gasteiger partial charge on any atom is -0.384 e. The summed E-state index contributed by atoms with van der Waals surface area (Å²) in [7, 11) is -4.25. The Hall–Kier alpha value is -1.35. The first-order valence-corrected chi connectivity index (χ1v) is 5.16. The van der Waals surface area contributed by atoms with Gasteiger partial charge in [-0.1, -0.05) is 24.0 Å². The number of benzene rings is 1. The van der Waals surface area contributed by atoms with Gasteiger partial charge in [-0.05, 0) is 12.1 Å². The van der Waals surface area contributed by atoms with Gasteiger partial charge in [-0.15, -0.1) is 0 Å². The number of aliphatic hydroxyl groups excluding tert-OH is 1. The average Bonchev–Trinajstić information content (AvgIpc) is 2.14. The van der Waals surface area contributed by atoms with Crippen LogP contribution < -0.4 is 0 Å². The smallest absolute Gasteiger partial charge is 0.295 e. The molecule has 0 saturated carbocycles. The SMILES string of the molecule is O=S(=O)(O)c1ccccc1C#CCO. The first kappa shape index (κ1) is 10.7. The predicted octanol–water partition coefficient (Wildman–Crippen LogP) is 0.277. The normalized spacial score (nSPS) is 10.4. The minimum absolute atomic E-state index is 0.170. The summed E-state index contributed by atoms with van der Waals surface area (Å²) in [6.45, 7) is -0.361. The maximum absolute atomic E-state index is 10.8. The van der Waals surface area contributed by atoms with Gasteiger partial charge in [-0.25, -0.2) is 0 Å². The van der Waals surface area contributed by atoms with E-state index in [1.165, 1.54) is 18.2 Å². The Bertz CT molecular complexity index is 479. The Balaban J connectivity index is 3.31. The minimum atomic E-state index is -4.25. The van der Waals surface area contributed by atoms with Crippen molar-refractivity contribution in [2.45, 2.75) is 4.90 Å². The van der Waals surface area contributed by atoms with Crippen LogP contribution in [-0.2, 0) is 10.1 Å². The third-order valence-corrected chi connectivity index (χ3v) is 2.38. The van der Waals surface area contributed by atoms with E-state index in [0.717, 1.165) is 0 Å². The fourth-order valence-corrected chi connectivity index (χ4v) is 1.58. The fourth-order valence-electron chi connectivity index (χ4n) is 0.930. The first-order valence-electron chi connectivity index (χ1n) is 3.72. The van der Waals surface area contributed by atoms with Crippen LogP contribution in [0.1, 0.15) is 5.56 Å². The zero-order valence-electron chi connectivity index (χ0n) is 7.14. The molecule has 2 N–H and O–H groups in total. The van der Waals surface area contributed by atoms with Gasteiger partial charge in [0, 0.05) is 5.56 Å². The van der Waals surface area contributed by atoms with E-state index in [9.17, 15) is 8.42 Å². The van der Waals surface area contributed by atoms with Crippen LogP contribution in [-0.4, -0.2) is 24.7 Å². The molecule has 4 nitrogen and oxygen atoms in total. The monoisotopic (exact) mass is 212 g/mol. The molecule has 74 valence electrons. The van der Waals surface area contributed by atoms with Crippen LogP contribution in [0.5, 0.6) is 0 Å². The molecule has 1 aromatic carbocycles. The Kier molecular flexibility index (Phi) is 3.25. The summed E-state index contributed by atoms with van der Waals surface area (Å²) in [6, 6.07) is 5.77. The largest absolute Gasteiger partial charge is 0.384 e. The molecular weight excluding hydrogens is 204 g/mol. The molecule has 0 radical (unpaired) electrons. The highest BCUT2D eigenvalue weighted by Crippen LogP contribution is 2.13. The van der Waals surface area contributed by atoms with Crippen molar-refractivity contribution in [3.05, 3.63) is 29.8 Å². The van der Waals surface area contributed by atoms with Crippen LogP contribution in [0.2, 0.25) is 0 Å². The van der Waals surface area contributed by atoms with E-state index < -0.39 is 10.1 Å². The Labute approximate surface area is 81.9 Å². The van der Waals surface area contributed by atoms with Gasteiger partial charge in [0.2, 0.25) is 0 Å². The second-order valence-electron chi connectivity index (χ2n) is 2.43. The standard InChI is InChI=1S/C9H8O4S/c10-7-3-5-8-4-1-2-6-9(8)14(11,12)13/h1-2,4,6,10H,7H2,(H,11,12,13). The molecule has 1 rings (SSSR count). The number of rotatable bonds is 1. The zero-order valence-corrected chi connectivity index (χ0v) is 7.95. The predicted molar refractivity (Wildman–Crippen MR) is 50.2 cm³/mol. The van der Waals surface area contributed by atoms with Gasteiger partial charge in [0.25, 0.3) is 10.1 Å². The highest BCUT2D eigenvalue weighted by molar-refractivity contribution is 7.85. The molecule has 0 bridgehead atoms. The van der Waals surface area contributed by atoms with Crippen LogP contribution in [0.4, 0.5) is 0 Å². The van der Waals surface area contributed by atoms with Crippen molar-refractivity contribution in [1.82, 2.24) is 0 Å². The van der Waals surface area contributed by atoms with Crippen molar-refractivity contribution < 1.29 is 18.1 Å². The maximum Gasteiger partial charge on any atom is 0.295 e. The topological polar surface area (TPSA) is 74.6 Å². The summed E-state index contributed by atoms with van der Waals surface area (Å²) < 4.78 is 30.5. The number of hydrogen-bond acceptors (Lipinski definition) is 3. The quantitative estimate of drug-likeness (QED) is 0.518. The van der Waals surface area contributed by atoms with Gasteiger partial charge in [0.15, 0.2) is 0 Å². The number of aliphatic hydroxyl groups is 1. The summed E-state index contributed by atoms with van der Waals surface area (Å²) in [5, 5.41) is 8.44. The molecule has 0 amide bonds. The Morgan fingerprint density at radius 3 is 2.50 bits per heavy atom. The summed E-state index contributed by atoms with van der Waals surface area (Å²) >= 11 is 0. The van der Waals surface area contributed by atoms with E-state index in [2.05, 4.69) is 11.8 Å². The second kappa shape index (κ2) is 4.24. The molecule has 0 aromatic heterocycles. The molecular formula is C9H8O4S. The average molecular weight is 212 g/mol. The van der Waals surface area contributed by atoms with E-state index in [4.69, 9.17) is 9.66 Å². The molecule has 0 heterocycles. The lowest BCUT2D eigenvalue weighted by Crippen LogP contribution is -2.00. The summed E-state index contributed by atoms with van der Waals surface area (Å²) in [5.74, 6) is 4.74. The Morgan fingerprint density at radius 1 is 1.29 bits per heavy atom. The van der Waals surface area contributed by atoms with Crippen LogP contribution in [0.25, 0.3) is 0 Å². The second-order valence-corrected chi connectivity index (χ2v) is 3.82. The highest BCUT2D eigenvalue weighted by atomic mass is 32.2. The van der Waals surface area contributed by atoms with E-state index >= 15 is 0 Å². The third-order valence-electron chi connectivity index (χ3n) is 1.47. The molecule has 14 heavy (non-hydrogen) atoms. The third kappa shape index (κ3) is 2.57. The maximum atomic E-state index is 10.8. The van der Waals surface area contributed by atoms with E-state index in [1.807, 2.05) is 0 Å². The van der Waals surface area contributed by atoms with E-state index in [0.29, 0.717) is 0 Å². The van der Waals surface area contributed by atoms with Crippen molar-refractivity contribution in [2.24, 2.45) is 0 Å². The molecule has 0 aliphatic heterocycles. The fraction of sp³-hybridized carbons (Fsp3) is 0.111. The number of hydrogen-bond donors (Lipinski definition) is 2. The van der Waals surface area contributed by atoms with Crippen LogP contribution in [0.15, 0.2) is 29.2 Å². The zero-order chi connectivity index (χ0) is 10.6. The van der Waals surface area contributed by atoms with Gasteiger partial charge in [0.05, 0.1) is 0 Å². The molecule has 0 spiro atoms. The summed E-state index contributed by atoms with van der Waals surface area (Å²) in [6.07, 6.45) is 0. The van der Waals surface area contributed by atoms with Crippen molar-refractivity contribution >= 4 is 10.1 Å². The van der Waals surface area contributed by atoms with Crippen molar-refractivity contribution in [3.63, 3.8) is 0 Å². The Morgan fingerprint density at radius 2 is 1.93 bits per heavy atom. The lowest BCUT2D eigenvalue weighted by Gasteiger charge is -1.98. The summed E-state index contributed by atoms with van der Waals surface area (Å²) in [5.41, 5.74) is 0.170. The van der Waals surface area contributed by atoms with Crippen LogP contribution >= 0.6 is 0 Å². The molecule has 0 atom stereocenters. The molecule has 1 aromatic rings. The highest BCUT2D eigenvalue weighted by Gasteiger charge is 2.12. The molecule has 0 aliphatic carbocycles. The van der Waals surface area contributed by atoms with Crippen molar-refractivity contribution in [1.29, 1.82) is 0 Å². The lowest BCUT2D eigenvalue weighted by molar-refractivity contribution is 0.350. The first-order chi connectivity index (χ1) is 6.55. The summed E-state index contributed by atoms with van der Waals surface area (Å²) in [4.78, 5) is -0.249. The molecule has 5 heteroatoms. The van der Waals surface area contributed by atoms with Gasteiger partial charge < -0.3 is 5.11 Å². The lowest BCUT2D eigenvalue weighted by atomic mass is 10.2. The van der Waals surface area contributed by atoms with Crippen LogP contribution in [0.3, 0.4) is 0 Å².